The van der Waals surface area contributed by atoms with E-state index in [1.807, 2.05) is 0 Å². The minimum atomic E-state index is -4.50. The Hall–Kier alpha value is -2.21. The van der Waals surface area contributed by atoms with Gasteiger partial charge in [-0.1, -0.05) is 35.9 Å². The molecule has 0 unspecified atom stereocenters. The van der Waals surface area contributed by atoms with Crippen LogP contribution >= 0.6 is 11.6 Å². The van der Waals surface area contributed by atoms with Crippen molar-refractivity contribution in [1.82, 2.24) is 4.90 Å². The van der Waals surface area contributed by atoms with Crippen LogP contribution in [0.3, 0.4) is 0 Å². The zero-order chi connectivity index (χ0) is 16.6. The van der Waals surface area contributed by atoms with Gasteiger partial charge in [0.25, 0.3) is 5.91 Å². The molecule has 1 aliphatic heterocycles. The van der Waals surface area contributed by atoms with Gasteiger partial charge in [0.1, 0.15) is 12.7 Å². The number of rotatable bonds is 2. The van der Waals surface area contributed by atoms with Crippen molar-refractivity contribution >= 4 is 23.2 Å². The maximum atomic E-state index is 12.9. The quantitative estimate of drug-likeness (QED) is 0.875. The molecule has 120 valence electrons. The molecule has 0 radical (unpaired) electrons. The molecule has 0 spiro atoms. The molecule has 3 nitrogen and oxygen atoms in total. The average Bonchev–Trinajstić information content (AvgIpc) is 2.49. The number of anilines is 1. The van der Waals surface area contributed by atoms with Crippen molar-refractivity contribution in [2.45, 2.75) is 12.3 Å². The van der Waals surface area contributed by atoms with Crippen LogP contribution in [0.4, 0.5) is 18.9 Å². The molecule has 0 aromatic heterocycles. The molecule has 7 heteroatoms. The summed E-state index contributed by atoms with van der Waals surface area (Å²) in [5, 5.41) is 3.38. The highest BCUT2D eigenvalue weighted by Gasteiger charge is 2.40. The molecule has 0 saturated carbocycles. The number of carbonyl (C=O) groups excluding carboxylic acids is 1. The highest BCUT2D eigenvalue weighted by molar-refractivity contribution is 6.30. The molecule has 2 aromatic rings. The first-order chi connectivity index (χ1) is 10.8. The van der Waals surface area contributed by atoms with Crippen LogP contribution in [0.5, 0.6) is 0 Å². The number of carbonyl (C=O) groups is 1. The highest BCUT2D eigenvalue weighted by Crippen LogP contribution is 2.35. The monoisotopic (exact) mass is 340 g/mol. The summed E-state index contributed by atoms with van der Waals surface area (Å²) in [7, 11) is 0. The first-order valence-corrected chi connectivity index (χ1v) is 7.22. The number of halogens is 4. The average molecular weight is 341 g/mol. The molecule has 1 amide bonds. The first-order valence-electron chi connectivity index (χ1n) is 6.84. The number of alkyl halides is 3. The van der Waals surface area contributed by atoms with Crippen molar-refractivity contribution in [2.75, 3.05) is 11.9 Å². The topological polar surface area (TPSA) is 32.3 Å². The van der Waals surface area contributed by atoms with Crippen LogP contribution in [0.2, 0.25) is 5.02 Å². The van der Waals surface area contributed by atoms with E-state index in [1.165, 1.54) is 6.07 Å². The summed E-state index contributed by atoms with van der Waals surface area (Å²) in [5.74, 6) is -0.665. The summed E-state index contributed by atoms with van der Waals surface area (Å²) in [6.07, 6.45) is -5.43. The Kier molecular flexibility index (Phi) is 3.93. The van der Waals surface area contributed by atoms with Gasteiger partial charge in [-0.25, -0.2) is 0 Å². The molecule has 1 atom stereocenters. The number of hydrogen-bond acceptors (Lipinski definition) is 2. The minimum absolute atomic E-state index is 0.218. The third kappa shape index (κ3) is 3.27. The minimum Gasteiger partial charge on any atom is -0.361 e. The van der Waals surface area contributed by atoms with Gasteiger partial charge in [0.15, 0.2) is 0 Å². The highest BCUT2D eigenvalue weighted by atomic mass is 35.5. The van der Waals surface area contributed by atoms with E-state index in [9.17, 15) is 18.0 Å². The Bertz CT molecular complexity index is 748. The van der Waals surface area contributed by atoms with Gasteiger partial charge in [0, 0.05) is 10.7 Å². The van der Waals surface area contributed by atoms with E-state index >= 15 is 0 Å². The van der Waals surface area contributed by atoms with Gasteiger partial charge >= 0.3 is 6.18 Å². The van der Waals surface area contributed by atoms with Crippen LogP contribution in [-0.4, -0.2) is 23.5 Å². The molecule has 1 N–H and O–H groups in total. The van der Waals surface area contributed by atoms with Gasteiger partial charge in [0.2, 0.25) is 0 Å². The molecule has 23 heavy (non-hydrogen) atoms. The summed E-state index contributed by atoms with van der Waals surface area (Å²) >= 11 is 5.93. The van der Waals surface area contributed by atoms with Crippen molar-refractivity contribution in [1.29, 1.82) is 0 Å². The van der Waals surface area contributed by atoms with Crippen molar-refractivity contribution in [3.05, 3.63) is 64.7 Å². The number of hydrogen-bond donors (Lipinski definition) is 1. The third-order valence-electron chi connectivity index (χ3n) is 3.54. The van der Waals surface area contributed by atoms with Crippen LogP contribution in [-0.2, 0) is 0 Å². The van der Waals surface area contributed by atoms with Crippen molar-refractivity contribution in [3.63, 3.8) is 0 Å². The maximum Gasteiger partial charge on any atom is 0.406 e. The zero-order valence-corrected chi connectivity index (χ0v) is 12.5. The maximum absolute atomic E-state index is 12.9. The number of nitrogens with zero attached hydrogens (tertiary/aromatic N) is 1. The van der Waals surface area contributed by atoms with Gasteiger partial charge in [-0.3, -0.25) is 4.79 Å². The van der Waals surface area contributed by atoms with Crippen molar-refractivity contribution in [3.8, 4) is 0 Å². The lowest BCUT2D eigenvalue weighted by Crippen LogP contribution is -2.47. The summed E-state index contributed by atoms with van der Waals surface area (Å²) in [6, 6.07) is 12.9. The SMILES string of the molecule is O=C1c2ccccc2N[C@H](c2cccc(Cl)c2)N1CC(F)(F)F. The van der Waals surface area contributed by atoms with Crippen molar-refractivity contribution < 1.29 is 18.0 Å². The predicted octanol–water partition coefficient (Wildman–Crippen LogP) is 4.47. The standard InChI is InChI=1S/C16H12ClF3N2O/c17-11-5-3-4-10(8-11)14-21-13-7-2-1-6-12(13)15(23)22(14)9-16(18,19)20/h1-8,14,21H,9H2/t14-/m0/s1. The van der Waals surface area contributed by atoms with Gasteiger partial charge in [0.05, 0.1) is 5.56 Å². The Morgan fingerprint density at radius 2 is 1.87 bits per heavy atom. The van der Waals surface area contributed by atoms with E-state index in [-0.39, 0.29) is 5.56 Å². The lowest BCUT2D eigenvalue weighted by Gasteiger charge is -2.38. The molecule has 2 aromatic carbocycles. The third-order valence-corrected chi connectivity index (χ3v) is 3.77. The largest absolute Gasteiger partial charge is 0.406 e. The number of para-hydroxylation sites is 1. The molecule has 1 heterocycles. The predicted molar refractivity (Wildman–Crippen MR) is 81.3 cm³/mol. The lowest BCUT2D eigenvalue weighted by atomic mass is 10.0. The number of fused-ring (bicyclic) bond motifs is 1. The smallest absolute Gasteiger partial charge is 0.361 e. The zero-order valence-electron chi connectivity index (χ0n) is 11.8. The van der Waals surface area contributed by atoms with E-state index < -0.39 is 24.8 Å². The van der Waals surface area contributed by atoms with E-state index in [0.29, 0.717) is 16.3 Å². The number of amides is 1. The normalized spacial score (nSPS) is 17.7. The summed E-state index contributed by atoms with van der Waals surface area (Å²) < 4.78 is 38.7. The Balaban J connectivity index is 2.06. The van der Waals surface area contributed by atoms with Crippen LogP contribution in [0.25, 0.3) is 0 Å². The van der Waals surface area contributed by atoms with E-state index in [2.05, 4.69) is 5.32 Å². The fourth-order valence-corrected chi connectivity index (χ4v) is 2.79. The molecule has 3 rings (SSSR count). The summed E-state index contributed by atoms with van der Waals surface area (Å²) in [4.78, 5) is 13.3. The number of nitrogens with one attached hydrogen (secondary N) is 1. The molecule has 0 aliphatic carbocycles. The summed E-state index contributed by atoms with van der Waals surface area (Å²) in [6.45, 7) is -1.34. The second-order valence-electron chi connectivity index (χ2n) is 5.20. The molecular formula is C16H12ClF3N2O. The first kappa shape index (κ1) is 15.7. The fourth-order valence-electron chi connectivity index (χ4n) is 2.59. The van der Waals surface area contributed by atoms with E-state index in [0.717, 1.165) is 4.90 Å². The Labute approximate surface area is 135 Å². The molecular weight excluding hydrogens is 329 g/mol. The molecule has 0 saturated heterocycles. The number of benzene rings is 2. The van der Waals surface area contributed by atoms with Crippen LogP contribution < -0.4 is 5.32 Å². The Morgan fingerprint density at radius 1 is 1.13 bits per heavy atom. The molecule has 0 fully saturated rings. The van der Waals surface area contributed by atoms with Gasteiger partial charge in [-0.15, -0.1) is 0 Å². The van der Waals surface area contributed by atoms with Gasteiger partial charge in [-0.2, -0.15) is 13.2 Å². The van der Waals surface area contributed by atoms with Crippen LogP contribution in [0.1, 0.15) is 22.1 Å². The lowest BCUT2D eigenvalue weighted by molar-refractivity contribution is -0.144. The van der Waals surface area contributed by atoms with E-state index in [4.69, 9.17) is 11.6 Å². The molecule has 0 bridgehead atoms. The van der Waals surface area contributed by atoms with Crippen LogP contribution in [0.15, 0.2) is 48.5 Å². The fraction of sp³-hybridized carbons (Fsp3) is 0.188. The summed E-state index contributed by atoms with van der Waals surface area (Å²) in [5.41, 5.74) is 1.21. The van der Waals surface area contributed by atoms with Gasteiger partial charge < -0.3 is 10.2 Å². The van der Waals surface area contributed by atoms with Gasteiger partial charge in [-0.05, 0) is 29.8 Å². The van der Waals surface area contributed by atoms with Crippen molar-refractivity contribution in [2.24, 2.45) is 0 Å². The Morgan fingerprint density at radius 3 is 2.57 bits per heavy atom. The second kappa shape index (κ2) is 5.77. The van der Waals surface area contributed by atoms with E-state index in [1.54, 1.807) is 42.5 Å². The molecule has 1 aliphatic rings. The van der Waals surface area contributed by atoms with Crippen LogP contribution in [0, 0.1) is 0 Å². The second-order valence-corrected chi connectivity index (χ2v) is 5.63.